The molecule has 1 nitrogen and oxygen atoms in total. The van der Waals surface area contributed by atoms with Gasteiger partial charge in [-0.2, -0.15) is 0 Å². The zero-order chi connectivity index (χ0) is 9.40. The molecule has 1 heteroatoms. The average molecular weight is 160 g/mol. The summed E-state index contributed by atoms with van der Waals surface area (Å²) in [4.78, 5) is 10.6. The Kier molecular flexibility index (Phi) is 5.49. The topological polar surface area (TPSA) is 17.1 Å². The Morgan fingerprint density at radius 1 is 1.58 bits per heavy atom. The molecule has 0 aliphatic heterocycles. The van der Waals surface area contributed by atoms with E-state index in [0.717, 1.165) is 12.0 Å². The van der Waals surface area contributed by atoms with Crippen LogP contribution in [0.25, 0.3) is 0 Å². The second-order valence-corrected chi connectivity index (χ2v) is 2.50. The fourth-order valence-electron chi connectivity index (χ4n) is 0.623. The molecule has 0 aromatic heterocycles. The molecule has 0 N–H and O–H groups in total. The molecule has 0 rings (SSSR count). The highest BCUT2D eigenvalue weighted by Gasteiger charge is 1.93. The van der Waals surface area contributed by atoms with Gasteiger partial charge in [-0.1, -0.05) is 18.4 Å². The largest absolute Gasteiger partial charge is 0.285 e. The van der Waals surface area contributed by atoms with Crippen LogP contribution in [0.15, 0.2) is 12.2 Å². The zero-order valence-electron chi connectivity index (χ0n) is 7.31. The lowest BCUT2D eigenvalue weighted by molar-refractivity contribution is -0.113. The monoisotopic (exact) mass is 160 g/mol. The van der Waals surface area contributed by atoms with Crippen molar-refractivity contribution in [1.82, 2.24) is 0 Å². The van der Waals surface area contributed by atoms with Gasteiger partial charge in [-0.25, -0.2) is 0 Å². The third-order valence-corrected chi connectivity index (χ3v) is 1.17. The number of allylic oxidation sites excluding steroid dienone is 1. The van der Waals surface area contributed by atoms with Crippen molar-refractivity contribution < 1.29 is 4.79 Å². The smallest absolute Gasteiger partial charge is 0.205 e. The predicted molar refractivity (Wildman–Crippen MR) is 50.3 cm³/mol. The molecule has 12 heavy (non-hydrogen) atoms. The minimum Gasteiger partial charge on any atom is -0.285 e. The third kappa shape index (κ3) is 6.65. The Balaban J connectivity index is 3.49. The first-order valence-corrected chi connectivity index (χ1v) is 3.80. The van der Waals surface area contributed by atoms with E-state index in [4.69, 9.17) is 6.42 Å². The Bertz CT molecular complexity index is 268. The zero-order valence-corrected chi connectivity index (χ0v) is 7.31. The van der Waals surface area contributed by atoms with Crippen molar-refractivity contribution in [3.05, 3.63) is 12.2 Å². The number of hydrogen-bond acceptors (Lipinski definition) is 1. The lowest BCUT2D eigenvalue weighted by atomic mass is 10.2. The molecular weight excluding hydrogens is 148 g/mol. The van der Waals surface area contributed by atoms with Gasteiger partial charge in [-0.15, -0.1) is 6.42 Å². The van der Waals surface area contributed by atoms with Gasteiger partial charge in [0.1, 0.15) is 0 Å². The first-order valence-electron chi connectivity index (χ1n) is 3.80. The minimum absolute atomic E-state index is 0.146. The van der Waals surface area contributed by atoms with E-state index in [2.05, 4.69) is 24.3 Å². The summed E-state index contributed by atoms with van der Waals surface area (Å²) in [7, 11) is 0. The highest BCUT2D eigenvalue weighted by Crippen LogP contribution is 1.94. The number of terminal acetylenes is 1. The van der Waals surface area contributed by atoms with Crippen LogP contribution in [0.1, 0.15) is 26.2 Å². The number of rotatable bonds is 3. The van der Waals surface area contributed by atoms with E-state index < -0.39 is 0 Å². The van der Waals surface area contributed by atoms with E-state index in [9.17, 15) is 4.79 Å². The molecule has 0 bridgehead atoms. The van der Waals surface area contributed by atoms with Gasteiger partial charge >= 0.3 is 0 Å². The maximum absolute atomic E-state index is 10.6. The van der Waals surface area contributed by atoms with Crippen molar-refractivity contribution in [2.24, 2.45) is 0 Å². The third-order valence-electron chi connectivity index (χ3n) is 1.17. The Morgan fingerprint density at radius 2 is 2.25 bits per heavy atom. The first kappa shape index (κ1) is 10.5. The van der Waals surface area contributed by atoms with Crippen LogP contribution in [0.5, 0.6) is 0 Å². The summed E-state index contributed by atoms with van der Waals surface area (Å²) in [6.45, 7) is 5.48. The standard InChI is InChI=1S/C11H12O/c1-4-11(12)9-7-5-6-8-10(2)3/h1H,2,5,7,9H2,3H3. The van der Waals surface area contributed by atoms with E-state index in [1.807, 2.05) is 6.92 Å². The second kappa shape index (κ2) is 6.25. The van der Waals surface area contributed by atoms with Crippen molar-refractivity contribution in [3.8, 4) is 24.2 Å². The minimum atomic E-state index is -0.146. The highest BCUT2D eigenvalue weighted by molar-refractivity contribution is 5.94. The van der Waals surface area contributed by atoms with Gasteiger partial charge in [0.25, 0.3) is 0 Å². The summed E-state index contributed by atoms with van der Waals surface area (Å²) in [5, 5.41) is 0. The van der Waals surface area contributed by atoms with Crippen LogP contribution in [0, 0.1) is 24.2 Å². The molecule has 62 valence electrons. The molecule has 0 saturated carbocycles. The Labute approximate surface area is 73.9 Å². The molecule has 0 aromatic rings. The number of carbonyl (C=O) groups is 1. The van der Waals surface area contributed by atoms with Gasteiger partial charge in [-0.3, -0.25) is 4.79 Å². The van der Waals surface area contributed by atoms with Gasteiger partial charge in [0.15, 0.2) is 0 Å². The number of carbonyl (C=O) groups excluding carboxylic acids is 1. The van der Waals surface area contributed by atoms with E-state index in [1.165, 1.54) is 0 Å². The average Bonchev–Trinajstić information content (AvgIpc) is 2.03. The summed E-state index contributed by atoms with van der Waals surface area (Å²) >= 11 is 0. The SMILES string of the molecule is C#CC(=O)CCCC#CC(=C)C. The Morgan fingerprint density at radius 3 is 2.75 bits per heavy atom. The fraction of sp³-hybridized carbons (Fsp3) is 0.364. The van der Waals surface area contributed by atoms with Crippen LogP contribution >= 0.6 is 0 Å². The molecule has 0 fully saturated rings. The lowest BCUT2D eigenvalue weighted by Gasteiger charge is -1.87. The number of ketones is 1. The van der Waals surface area contributed by atoms with E-state index in [1.54, 1.807) is 0 Å². The summed E-state index contributed by atoms with van der Waals surface area (Å²) in [6.07, 6.45) is 6.77. The van der Waals surface area contributed by atoms with Gasteiger partial charge < -0.3 is 0 Å². The van der Waals surface area contributed by atoms with Crippen LogP contribution in [-0.4, -0.2) is 5.78 Å². The number of Topliss-reactive ketones (excluding diaryl/α,β-unsaturated/α-hetero) is 1. The molecular formula is C11H12O. The molecule has 0 amide bonds. The molecule has 0 saturated heterocycles. The van der Waals surface area contributed by atoms with Crippen molar-refractivity contribution in [2.45, 2.75) is 26.2 Å². The van der Waals surface area contributed by atoms with Crippen molar-refractivity contribution in [1.29, 1.82) is 0 Å². The van der Waals surface area contributed by atoms with Crippen LogP contribution in [0.2, 0.25) is 0 Å². The lowest BCUT2D eigenvalue weighted by Crippen LogP contribution is -1.90. The van der Waals surface area contributed by atoms with Crippen LogP contribution in [0.4, 0.5) is 0 Å². The maximum atomic E-state index is 10.6. The van der Waals surface area contributed by atoms with Crippen LogP contribution in [0.3, 0.4) is 0 Å². The molecule has 0 aliphatic carbocycles. The van der Waals surface area contributed by atoms with E-state index in [-0.39, 0.29) is 5.78 Å². The quantitative estimate of drug-likeness (QED) is 0.350. The molecule has 0 spiro atoms. The van der Waals surface area contributed by atoms with Gasteiger partial charge in [-0.05, 0) is 24.8 Å². The molecule has 0 atom stereocenters. The summed E-state index contributed by atoms with van der Waals surface area (Å²) < 4.78 is 0. The maximum Gasteiger partial charge on any atom is 0.205 e. The van der Waals surface area contributed by atoms with Gasteiger partial charge in [0.05, 0.1) is 0 Å². The van der Waals surface area contributed by atoms with E-state index in [0.29, 0.717) is 12.8 Å². The summed E-state index contributed by atoms with van der Waals surface area (Å²) in [5.74, 6) is 7.64. The molecule has 0 heterocycles. The second-order valence-electron chi connectivity index (χ2n) is 2.50. The Hall–Kier alpha value is -1.47. The highest BCUT2D eigenvalue weighted by atomic mass is 16.1. The molecule has 0 aliphatic rings. The number of unbranched alkanes of at least 4 members (excludes halogenated alkanes) is 1. The van der Waals surface area contributed by atoms with Gasteiger partial charge in [0, 0.05) is 12.8 Å². The normalized spacial score (nSPS) is 7.67. The van der Waals surface area contributed by atoms with Crippen molar-refractivity contribution in [2.75, 3.05) is 0 Å². The van der Waals surface area contributed by atoms with Crippen LogP contribution < -0.4 is 0 Å². The van der Waals surface area contributed by atoms with Crippen molar-refractivity contribution >= 4 is 5.78 Å². The van der Waals surface area contributed by atoms with Gasteiger partial charge in [0.2, 0.25) is 5.78 Å². The molecule has 0 aromatic carbocycles. The van der Waals surface area contributed by atoms with Crippen LogP contribution in [-0.2, 0) is 4.79 Å². The first-order chi connectivity index (χ1) is 5.66. The molecule has 0 radical (unpaired) electrons. The molecule has 0 unspecified atom stereocenters. The van der Waals surface area contributed by atoms with E-state index >= 15 is 0 Å². The fourth-order valence-corrected chi connectivity index (χ4v) is 0.623. The summed E-state index contributed by atoms with van der Waals surface area (Å²) in [5.41, 5.74) is 0.846. The van der Waals surface area contributed by atoms with Crippen molar-refractivity contribution in [3.63, 3.8) is 0 Å². The number of hydrogen-bond donors (Lipinski definition) is 0. The summed E-state index contributed by atoms with van der Waals surface area (Å²) in [6, 6.07) is 0. The predicted octanol–water partition coefficient (Wildman–Crippen LogP) is 1.94.